The van der Waals surface area contributed by atoms with E-state index in [1.54, 1.807) is 12.1 Å². The minimum atomic E-state index is -4.35. The van der Waals surface area contributed by atoms with Gasteiger partial charge in [0.15, 0.2) is 0 Å². The molecule has 0 unspecified atom stereocenters. The molecule has 0 atom stereocenters. The van der Waals surface area contributed by atoms with Crippen LogP contribution in [0.5, 0.6) is 5.75 Å². The van der Waals surface area contributed by atoms with Crippen LogP contribution >= 0.6 is 23.8 Å². The van der Waals surface area contributed by atoms with Crippen LogP contribution < -0.4 is 10.5 Å². The Bertz CT molecular complexity index is 454. The highest BCUT2D eigenvalue weighted by Gasteiger charge is 2.27. The fourth-order valence-electron chi connectivity index (χ4n) is 1.22. The quantitative estimate of drug-likeness (QED) is 0.648. The van der Waals surface area contributed by atoms with Crippen LogP contribution in [0.4, 0.5) is 13.2 Å². The number of hydrogen-bond donors (Lipinski definition) is 1. The molecule has 106 valence electrons. The van der Waals surface area contributed by atoms with Crippen molar-refractivity contribution in [1.29, 1.82) is 0 Å². The zero-order valence-electron chi connectivity index (χ0n) is 9.67. The summed E-state index contributed by atoms with van der Waals surface area (Å²) in [7, 11) is 0. The van der Waals surface area contributed by atoms with Crippen LogP contribution in [0, 0.1) is 0 Å². The van der Waals surface area contributed by atoms with Gasteiger partial charge in [0.25, 0.3) is 0 Å². The molecule has 3 nitrogen and oxygen atoms in total. The number of ether oxygens (including phenoxy) is 2. The summed E-state index contributed by atoms with van der Waals surface area (Å²) in [6.45, 7) is -1.58. The molecule has 0 aliphatic heterocycles. The van der Waals surface area contributed by atoms with E-state index in [9.17, 15) is 13.2 Å². The van der Waals surface area contributed by atoms with Crippen molar-refractivity contribution < 1.29 is 22.6 Å². The van der Waals surface area contributed by atoms with E-state index in [1.807, 2.05) is 0 Å². The molecule has 1 aromatic carbocycles. The van der Waals surface area contributed by atoms with Crippen LogP contribution in [0.15, 0.2) is 18.2 Å². The summed E-state index contributed by atoms with van der Waals surface area (Å²) in [6.07, 6.45) is -4.35. The Morgan fingerprint density at radius 3 is 2.58 bits per heavy atom. The zero-order chi connectivity index (χ0) is 14.5. The highest BCUT2D eigenvalue weighted by molar-refractivity contribution is 7.80. The highest BCUT2D eigenvalue weighted by atomic mass is 35.5. The summed E-state index contributed by atoms with van der Waals surface area (Å²) in [5.74, 6) is 0.315. The number of hydrogen-bond acceptors (Lipinski definition) is 3. The average Bonchev–Trinajstić information content (AvgIpc) is 2.26. The van der Waals surface area contributed by atoms with Gasteiger partial charge in [-0.3, -0.25) is 0 Å². The van der Waals surface area contributed by atoms with Crippen molar-refractivity contribution in [3.05, 3.63) is 28.8 Å². The van der Waals surface area contributed by atoms with Gasteiger partial charge in [-0.1, -0.05) is 23.8 Å². The first kappa shape index (κ1) is 16.0. The molecule has 0 fully saturated rings. The first-order chi connectivity index (χ1) is 8.79. The number of benzene rings is 1. The van der Waals surface area contributed by atoms with Crippen molar-refractivity contribution in [3.8, 4) is 5.75 Å². The zero-order valence-corrected chi connectivity index (χ0v) is 11.2. The lowest BCUT2D eigenvalue weighted by molar-refractivity contribution is -0.175. The van der Waals surface area contributed by atoms with Gasteiger partial charge in [-0.05, 0) is 18.2 Å². The van der Waals surface area contributed by atoms with E-state index in [1.165, 1.54) is 6.07 Å². The van der Waals surface area contributed by atoms with Crippen LogP contribution in [0.1, 0.15) is 5.56 Å². The molecule has 1 rings (SSSR count). The Labute approximate surface area is 118 Å². The van der Waals surface area contributed by atoms with E-state index >= 15 is 0 Å². The molecule has 0 heterocycles. The first-order valence-electron chi connectivity index (χ1n) is 5.16. The van der Waals surface area contributed by atoms with Gasteiger partial charge in [0.2, 0.25) is 0 Å². The van der Waals surface area contributed by atoms with E-state index in [4.69, 9.17) is 34.3 Å². The lowest BCUT2D eigenvalue weighted by Crippen LogP contribution is -2.20. The highest BCUT2D eigenvalue weighted by Crippen LogP contribution is 2.23. The molecule has 1 aromatic rings. The Morgan fingerprint density at radius 2 is 2.00 bits per heavy atom. The van der Waals surface area contributed by atoms with Crippen molar-refractivity contribution in [1.82, 2.24) is 0 Å². The molecule has 0 saturated heterocycles. The molecule has 0 spiro atoms. The topological polar surface area (TPSA) is 44.5 Å². The first-order valence-corrected chi connectivity index (χ1v) is 5.95. The predicted octanol–water partition coefficient (Wildman–Crippen LogP) is 2.93. The van der Waals surface area contributed by atoms with Crippen LogP contribution in [0.3, 0.4) is 0 Å². The van der Waals surface area contributed by atoms with Gasteiger partial charge in [0.05, 0.1) is 12.2 Å². The smallest absolute Gasteiger partial charge is 0.411 e. The normalized spacial score (nSPS) is 11.4. The molecule has 8 heteroatoms. The molecule has 0 bridgehead atoms. The van der Waals surface area contributed by atoms with Gasteiger partial charge >= 0.3 is 6.18 Å². The van der Waals surface area contributed by atoms with Crippen LogP contribution in [-0.4, -0.2) is 31.0 Å². The van der Waals surface area contributed by atoms with Gasteiger partial charge < -0.3 is 15.2 Å². The van der Waals surface area contributed by atoms with Crippen molar-refractivity contribution in [2.75, 3.05) is 19.8 Å². The second kappa shape index (κ2) is 6.93. The van der Waals surface area contributed by atoms with E-state index in [0.717, 1.165) is 0 Å². The predicted molar refractivity (Wildman–Crippen MR) is 69.7 cm³/mol. The fraction of sp³-hybridized carbons (Fsp3) is 0.364. The fourth-order valence-corrected chi connectivity index (χ4v) is 1.55. The maximum atomic E-state index is 11.8. The maximum Gasteiger partial charge on any atom is 0.411 e. The van der Waals surface area contributed by atoms with Crippen LogP contribution in [0.25, 0.3) is 0 Å². The SMILES string of the molecule is NC(=S)c1ccc(Cl)cc1OCCOCC(F)(F)F. The second-order valence-electron chi connectivity index (χ2n) is 3.52. The molecule has 19 heavy (non-hydrogen) atoms. The molecule has 0 aliphatic carbocycles. The number of alkyl halides is 3. The Balaban J connectivity index is 2.49. The Kier molecular flexibility index (Phi) is 5.84. The third-order valence-electron chi connectivity index (χ3n) is 1.96. The van der Waals surface area contributed by atoms with Crippen molar-refractivity contribution in [2.24, 2.45) is 5.73 Å². The van der Waals surface area contributed by atoms with E-state index in [2.05, 4.69) is 4.74 Å². The van der Waals surface area contributed by atoms with Gasteiger partial charge in [-0.2, -0.15) is 13.2 Å². The summed E-state index contributed by atoms with van der Waals surface area (Å²) >= 11 is 10.6. The molecule has 2 N–H and O–H groups in total. The summed E-state index contributed by atoms with van der Waals surface area (Å²) in [4.78, 5) is 0.114. The monoisotopic (exact) mass is 313 g/mol. The summed E-state index contributed by atoms with van der Waals surface area (Å²) in [5, 5.41) is 0.409. The standard InChI is InChI=1S/C11H11ClF3NO2S/c12-7-1-2-8(10(16)19)9(5-7)18-4-3-17-6-11(13,14)15/h1-2,5H,3-4,6H2,(H2,16,19). The maximum absolute atomic E-state index is 11.8. The van der Waals surface area contributed by atoms with Gasteiger partial charge in [0, 0.05) is 5.02 Å². The van der Waals surface area contributed by atoms with Crippen molar-refractivity contribution >= 4 is 28.8 Å². The number of thiocarbonyl (C=S) groups is 1. The van der Waals surface area contributed by atoms with Crippen molar-refractivity contribution in [3.63, 3.8) is 0 Å². The number of halogens is 4. The Morgan fingerprint density at radius 1 is 1.32 bits per heavy atom. The van der Waals surface area contributed by atoms with Crippen LogP contribution in [0.2, 0.25) is 5.02 Å². The van der Waals surface area contributed by atoms with E-state index in [0.29, 0.717) is 16.3 Å². The molecule has 0 aliphatic rings. The third-order valence-corrected chi connectivity index (χ3v) is 2.42. The summed E-state index contributed by atoms with van der Waals surface area (Å²) in [5.41, 5.74) is 5.95. The summed E-state index contributed by atoms with van der Waals surface area (Å²) < 4.78 is 45.1. The summed E-state index contributed by atoms with van der Waals surface area (Å²) in [6, 6.07) is 4.65. The van der Waals surface area contributed by atoms with Crippen LogP contribution in [-0.2, 0) is 4.74 Å². The van der Waals surface area contributed by atoms with Gasteiger partial charge in [-0.15, -0.1) is 0 Å². The lowest BCUT2D eigenvalue weighted by atomic mass is 10.2. The third kappa shape index (κ3) is 6.09. The largest absolute Gasteiger partial charge is 0.490 e. The second-order valence-corrected chi connectivity index (χ2v) is 4.40. The van der Waals surface area contributed by atoms with E-state index in [-0.39, 0.29) is 18.2 Å². The van der Waals surface area contributed by atoms with Crippen molar-refractivity contribution in [2.45, 2.75) is 6.18 Å². The molecule has 0 radical (unpaired) electrons. The molecular weight excluding hydrogens is 303 g/mol. The van der Waals surface area contributed by atoms with Gasteiger partial charge in [0.1, 0.15) is 24.0 Å². The molecule has 0 amide bonds. The Hall–Kier alpha value is -1.05. The number of nitrogens with two attached hydrogens (primary N) is 1. The van der Waals surface area contributed by atoms with E-state index < -0.39 is 12.8 Å². The molecule has 0 saturated carbocycles. The average molecular weight is 314 g/mol. The minimum absolute atomic E-state index is 0.0635. The lowest BCUT2D eigenvalue weighted by Gasteiger charge is -2.12. The number of rotatable bonds is 6. The molecular formula is C11H11ClF3NO2S. The molecule has 0 aromatic heterocycles. The van der Waals surface area contributed by atoms with Gasteiger partial charge in [-0.25, -0.2) is 0 Å². The minimum Gasteiger partial charge on any atom is -0.490 e.